The highest BCUT2D eigenvalue weighted by atomic mass is 28.5. The van der Waals surface area contributed by atoms with E-state index in [-0.39, 0.29) is 0 Å². The Hall–Kier alpha value is 0.274. The first kappa shape index (κ1) is 21.3. The average molecular weight is 337 g/mol. The van der Waals surface area contributed by atoms with Gasteiger partial charge >= 0.3 is 9.05 Å². The quantitative estimate of drug-likeness (QED) is 0.340. The van der Waals surface area contributed by atoms with Gasteiger partial charge in [-0.25, -0.2) is 0 Å². The first-order chi connectivity index (χ1) is 9.89. The maximum atomic E-state index is 6.28. The Morgan fingerprint density at radius 1 is 0.619 bits per heavy atom. The topological polar surface area (TPSA) is 36.9 Å². The van der Waals surface area contributed by atoms with Crippen LogP contribution < -0.4 is 0 Å². The molecule has 0 saturated carbocycles. The summed E-state index contributed by atoms with van der Waals surface area (Å²) in [5, 5.41) is 0. The van der Waals surface area contributed by atoms with E-state index in [1.165, 1.54) is 0 Å². The second-order valence-corrected chi connectivity index (χ2v) is 13.2. The summed E-state index contributed by atoms with van der Waals surface area (Å²) in [5.74, 6) is 0. The predicted octanol–water partition coefficient (Wildman–Crippen LogP) is 4.72. The van der Waals surface area contributed by atoms with Crippen LogP contribution in [0.4, 0.5) is 0 Å². The minimum absolute atomic E-state index is 0.658. The molecular weight excluding hydrogens is 300 g/mol. The van der Waals surface area contributed by atoms with Crippen molar-refractivity contribution in [2.24, 2.45) is 0 Å². The van der Waals surface area contributed by atoms with Gasteiger partial charge in [-0.15, -0.1) is 0 Å². The second-order valence-electron chi connectivity index (χ2n) is 6.32. The molecule has 4 nitrogen and oxygen atoms in total. The van der Waals surface area contributed by atoms with E-state index < -0.39 is 17.4 Å². The Kier molecular flexibility index (Phi) is 11.9. The number of unbranched alkanes of at least 4 members (excludes halogenated alkanes) is 3. The van der Waals surface area contributed by atoms with Gasteiger partial charge in [-0.3, -0.25) is 0 Å². The van der Waals surface area contributed by atoms with Crippen molar-refractivity contribution in [3.8, 4) is 0 Å². The van der Waals surface area contributed by atoms with E-state index in [4.69, 9.17) is 17.4 Å². The number of hydrogen-bond acceptors (Lipinski definition) is 4. The van der Waals surface area contributed by atoms with Crippen LogP contribution in [0.5, 0.6) is 0 Å². The fourth-order valence-corrected chi connectivity index (χ4v) is 6.75. The molecule has 0 aliphatic carbocycles. The monoisotopic (exact) mass is 336 g/mol. The van der Waals surface area contributed by atoms with Gasteiger partial charge in [0.05, 0.1) is 0 Å². The van der Waals surface area contributed by atoms with Gasteiger partial charge in [0.1, 0.15) is 0 Å². The van der Waals surface area contributed by atoms with Crippen molar-refractivity contribution in [2.75, 3.05) is 19.8 Å². The fourth-order valence-electron chi connectivity index (χ4n) is 1.61. The molecule has 0 spiro atoms. The summed E-state index contributed by atoms with van der Waals surface area (Å²) in [5.41, 5.74) is 0. The lowest BCUT2D eigenvalue weighted by atomic mass is 10.4. The number of hydrogen-bond donors (Lipinski definition) is 0. The zero-order chi connectivity index (χ0) is 16.2. The van der Waals surface area contributed by atoms with Crippen LogP contribution in [0.3, 0.4) is 0 Å². The molecule has 0 heterocycles. The molecule has 0 aromatic rings. The highest BCUT2D eigenvalue weighted by molar-refractivity contribution is 6.78. The largest absolute Gasteiger partial charge is 0.669 e. The van der Waals surface area contributed by atoms with Crippen molar-refractivity contribution in [3.63, 3.8) is 0 Å². The molecule has 0 amide bonds. The van der Waals surface area contributed by atoms with E-state index in [1.807, 2.05) is 0 Å². The van der Waals surface area contributed by atoms with Crippen molar-refractivity contribution in [3.05, 3.63) is 0 Å². The van der Waals surface area contributed by atoms with Gasteiger partial charge in [-0.05, 0) is 38.9 Å². The summed E-state index contributed by atoms with van der Waals surface area (Å²) in [7, 11) is -4.77. The minimum Gasteiger partial charge on any atom is -0.394 e. The number of rotatable bonds is 14. The molecule has 0 atom stereocenters. The van der Waals surface area contributed by atoms with Gasteiger partial charge in [0.2, 0.25) is 0 Å². The molecule has 0 aliphatic heterocycles. The predicted molar refractivity (Wildman–Crippen MR) is 92.8 cm³/mol. The van der Waals surface area contributed by atoms with E-state index in [0.717, 1.165) is 38.5 Å². The Balaban J connectivity index is 4.78. The fraction of sp³-hybridized carbons (Fsp3) is 1.00. The molecule has 0 aliphatic rings. The maximum absolute atomic E-state index is 6.28. The minimum atomic E-state index is -2.98. The summed E-state index contributed by atoms with van der Waals surface area (Å²) in [6, 6.07) is 0. The Morgan fingerprint density at radius 3 is 1.19 bits per heavy atom. The van der Waals surface area contributed by atoms with Crippen molar-refractivity contribution < 1.29 is 17.4 Å². The summed E-state index contributed by atoms with van der Waals surface area (Å²) in [6.45, 7) is 14.9. The lowest BCUT2D eigenvalue weighted by Crippen LogP contribution is -2.55. The maximum Gasteiger partial charge on any atom is 0.669 e. The van der Waals surface area contributed by atoms with E-state index in [1.54, 1.807) is 0 Å². The van der Waals surface area contributed by atoms with Gasteiger partial charge in [0.15, 0.2) is 8.32 Å². The van der Waals surface area contributed by atoms with Crippen molar-refractivity contribution in [2.45, 2.75) is 78.9 Å². The highest BCUT2D eigenvalue weighted by Gasteiger charge is 2.48. The van der Waals surface area contributed by atoms with Crippen LogP contribution in [0.15, 0.2) is 0 Å². The molecule has 0 aromatic carbocycles. The van der Waals surface area contributed by atoms with Crippen LogP contribution in [-0.2, 0) is 17.4 Å². The molecule has 0 bridgehead atoms. The van der Waals surface area contributed by atoms with Crippen molar-refractivity contribution >= 4 is 17.4 Å². The van der Waals surface area contributed by atoms with Gasteiger partial charge in [-0.2, -0.15) is 0 Å². The van der Waals surface area contributed by atoms with Crippen LogP contribution in [0.2, 0.25) is 19.6 Å². The van der Waals surface area contributed by atoms with Gasteiger partial charge in [0, 0.05) is 19.8 Å². The third-order valence-corrected chi connectivity index (χ3v) is 7.88. The standard InChI is InChI=1S/C15H36O4Si2/c1-7-10-13-16-21(17-14-11-8-2,18-15-12-9-3)19-20(4,5)6/h7-15H2,1-6H3. The molecule has 0 unspecified atom stereocenters. The lowest BCUT2D eigenvalue weighted by Gasteiger charge is -2.33. The molecule has 0 radical (unpaired) electrons. The van der Waals surface area contributed by atoms with E-state index in [0.29, 0.717) is 19.8 Å². The van der Waals surface area contributed by atoms with Gasteiger partial charge < -0.3 is 17.4 Å². The second kappa shape index (κ2) is 11.8. The zero-order valence-electron chi connectivity index (χ0n) is 15.0. The Morgan fingerprint density at radius 2 is 0.952 bits per heavy atom. The normalized spacial score (nSPS) is 12.9. The van der Waals surface area contributed by atoms with E-state index >= 15 is 0 Å². The molecule has 0 N–H and O–H groups in total. The van der Waals surface area contributed by atoms with E-state index in [2.05, 4.69) is 40.4 Å². The van der Waals surface area contributed by atoms with Gasteiger partial charge in [-0.1, -0.05) is 40.0 Å². The molecular formula is C15H36O4Si2. The average Bonchev–Trinajstić information content (AvgIpc) is 2.38. The molecule has 0 aromatic heterocycles. The van der Waals surface area contributed by atoms with Crippen LogP contribution in [0, 0.1) is 0 Å². The summed E-state index contributed by atoms with van der Waals surface area (Å²) < 4.78 is 24.4. The summed E-state index contributed by atoms with van der Waals surface area (Å²) >= 11 is 0. The van der Waals surface area contributed by atoms with Crippen LogP contribution >= 0.6 is 0 Å². The molecule has 0 saturated heterocycles. The highest BCUT2D eigenvalue weighted by Crippen LogP contribution is 2.20. The first-order valence-corrected chi connectivity index (χ1v) is 13.5. The van der Waals surface area contributed by atoms with Crippen LogP contribution in [0.25, 0.3) is 0 Å². The smallest absolute Gasteiger partial charge is 0.394 e. The first-order valence-electron chi connectivity index (χ1n) is 8.51. The van der Waals surface area contributed by atoms with Crippen molar-refractivity contribution in [1.82, 2.24) is 0 Å². The lowest BCUT2D eigenvalue weighted by molar-refractivity contribution is -0.00389. The third-order valence-electron chi connectivity index (χ3n) is 2.76. The Bertz CT molecular complexity index is 218. The SMILES string of the molecule is CCCCO[Si](OCCCC)(OCCCC)O[Si](C)(C)C. The molecule has 21 heavy (non-hydrogen) atoms. The Labute approximate surface area is 134 Å². The van der Waals surface area contributed by atoms with Crippen molar-refractivity contribution in [1.29, 1.82) is 0 Å². The molecule has 0 fully saturated rings. The summed E-state index contributed by atoms with van der Waals surface area (Å²) in [6.07, 6.45) is 6.33. The van der Waals surface area contributed by atoms with E-state index in [9.17, 15) is 0 Å². The van der Waals surface area contributed by atoms with Crippen LogP contribution in [-0.4, -0.2) is 37.2 Å². The van der Waals surface area contributed by atoms with Crippen LogP contribution in [0.1, 0.15) is 59.3 Å². The third kappa shape index (κ3) is 11.5. The summed E-state index contributed by atoms with van der Waals surface area (Å²) in [4.78, 5) is 0. The zero-order valence-corrected chi connectivity index (χ0v) is 17.0. The van der Waals surface area contributed by atoms with Gasteiger partial charge in [0.25, 0.3) is 0 Å². The molecule has 0 rings (SSSR count). The molecule has 6 heteroatoms. The molecule has 128 valence electrons.